The summed E-state index contributed by atoms with van der Waals surface area (Å²) in [4.78, 5) is 18.8. The molecule has 0 saturated carbocycles. The van der Waals surface area contributed by atoms with E-state index in [9.17, 15) is 23.2 Å². The number of alkyl halides is 3. The summed E-state index contributed by atoms with van der Waals surface area (Å²) in [5, 5.41) is 17.6. The fourth-order valence-electron chi connectivity index (χ4n) is 4.36. The molecule has 2 aromatic heterocycles. The molecule has 0 atom stereocenters. The summed E-state index contributed by atoms with van der Waals surface area (Å²) in [6, 6.07) is 14.0. The van der Waals surface area contributed by atoms with Gasteiger partial charge in [-0.05, 0) is 60.0 Å². The summed E-state index contributed by atoms with van der Waals surface area (Å²) in [5.74, 6) is 0.255. The van der Waals surface area contributed by atoms with E-state index in [-0.39, 0.29) is 36.0 Å². The predicted octanol–water partition coefficient (Wildman–Crippen LogP) is 4.99. The molecule has 1 aliphatic heterocycles. The Morgan fingerprint density at radius 1 is 1.11 bits per heavy atom. The SMILES string of the molecule is CCOc1cc(-c2cc(C#N)ccc2-c2nncn2C)cc(N2Cc3c(cccc3C(F)(F)F)C2=O)n1. The molecule has 0 N–H and O–H groups in total. The van der Waals surface area contributed by atoms with Crippen LogP contribution in [0.1, 0.15) is 34.0 Å². The highest BCUT2D eigenvalue weighted by molar-refractivity contribution is 6.10. The van der Waals surface area contributed by atoms with Gasteiger partial charge in [0, 0.05) is 24.2 Å². The first kappa shape index (κ1) is 24.0. The van der Waals surface area contributed by atoms with Crippen LogP contribution in [0.25, 0.3) is 22.5 Å². The molecule has 37 heavy (non-hydrogen) atoms. The van der Waals surface area contributed by atoms with Crippen LogP contribution in [0.3, 0.4) is 0 Å². The average molecular weight is 504 g/mol. The van der Waals surface area contributed by atoms with Gasteiger partial charge in [-0.3, -0.25) is 9.69 Å². The van der Waals surface area contributed by atoms with Crippen molar-refractivity contribution in [2.24, 2.45) is 7.05 Å². The van der Waals surface area contributed by atoms with Gasteiger partial charge < -0.3 is 9.30 Å². The van der Waals surface area contributed by atoms with Crippen molar-refractivity contribution in [3.63, 3.8) is 0 Å². The van der Waals surface area contributed by atoms with Crippen LogP contribution in [0.2, 0.25) is 0 Å². The minimum Gasteiger partial charge on any atom is -0.478 e. The minimum atomic E-state index is -4.60. The number of hydrogen-bond donors (Lipinski definition) is 0. The van der Waals surface area contributed by atoms with Crippen LogP contribution in [-0.2, 0) is 19.8 Å². The summed E-state index contributed by atoms with van der Waals surface area (Å²) in [7, 11) is 1.78. The number of nitrogens with zero attached hydrogens (tertiary/aromatic N) is 6. The molecular formula is C26H19F3N6O2. The van der Waals surface area contributed by atoms with E-state index in [1.54, 1.807) is 55.2 Å². The molecule has 0 fully saturated rings. The number of hydrogen-bond acceptors (Lipinski definition) is 6. The number of ether oxygens (including phenoxy) is 1. The van der Waals surface area contributed by atoms with Crippen LogP contribution in [0.4, 0.5) is 19.0 Å². The van der Waals surface area contributed by atoms with Crippen molar-refractivity contribution >= 4 is 11.7 Å². The smallest absolute Gasteiger partial charge is 0.416 e. The van der Waals surface area contributed by atoms with E-state index in [1.165, 1.54) is 17.0 Å². The van der Waals surface area contributed by atoms with E-state index in [0.717, 1.165) is 6.07 Å². The topological polar surface area (TPSA) is 96.9 Å². The molecule has 11 heteroatoms. The quantitative estimate of drug-likeness (QED) is 0.380. The normalized spacial score (nSPS) is 13.0. The monoisotopic (exact) mass is 504 g/mol. The Balaban J connectivity index is 1.67. The maximum Gasteiger partial charge on any atom is 0.416 e. The zero-order chi connectivity index (χ0) is 26.3. The van der Waals surface area contributed by atoms with Crippen molar-refractivity contribution in [3.8, 4) is 34.5 Å². The van der Waals surface area contributed by atoms with Crippen LogP contribution in [0.5, 0.6) is 5.88 Å². The first-order valence-corrected chi connectivity index (χ1v) is 11.3. The molecule has 4 aromatic rings. The van der Waals surface area contributed by atoms with Crippen LogP contribution in [0.15, 0.2) is 54.9 Å². The molecule has 0 spiro atoms. The van der Waals surface area contributed by atoms with Crippen LogP contribution in [0, 0.1) is 11.3 Å². The van der Waals surface area contributed by atoms with Crippen LogP contribution < -0.4 is 9.64 Å². The van der Waals surface area contributed by atoms with Crippen LogP contribution in [-0.4, -0.2) is 32.3 Å². The largest absolute Gasteiger partial charge is 0.478 e. The Morgan fingerprint density at radius 2 is 1.92 bits per heavy atom. The number of pyridine rings is 1. The lowest BCUT2D eigenvalue weighted by molar-refractivity contribution is -0.138. The minimum absolute atomic E-state index is 0.0220. The van der Waals surface area contributed by atoms with Gasteiger partial charge in [0.1, 0.15) is 12.1 Å². The number of nitriles is 1. The Hall–Kier alpha value is -4.72. The summed E-state index contributed by atoms with van der Waals surface area (Å²) >= 11 is 0. The average Bonchev–Trinajstić information content (AvgIpc) is 3.46. The molecule has 1 aliphatic rings. The molecule has 8 nitrogen and oxygen atoms in total. The molecule has 2 aromatic carbocycles. The zero-order valence-electron chi connectivity index (χ0n) is 19.7. The predicted molar refractivity (Wildman–Crippen MR) is 128 cm³/mol. The third-order valence-corrected chi connectivity index (χ3v) is 6.04. The van der Waals surface area contributed by atoms with Gasteiger partial charge in [-0.1, -0.05) is 6.07 Å². The van der Waals surface area contributed by atoms with Gasteiger partial charge in [0.2, 0.25) is 5.88 Å². The second-order valence-electron chi connectivity index (χ2n) is 8.34. The molecule has 0 unspecified atom stereocenters. The van der Waals surface area contributed by atoms with Gasteiger partial charge in [-0.2, -0.15) is 23.4 Å². The number of benzene rings is 2. The second kappa shape index (κ2) is 9.05. The standard InChI is InChI=1S/C26H19F3N6O2/c1-3-37-23-11-16(19-9-15(12-30)7-8-17(19)24-33-31-14-34(24)2)10-22(32-23)35-13-20-18(25(35)36)5-4-6-21(20)26(27,28)29/h4-11,14H,3,13H2,1-2H3. The molecule has 0 bridgehead atoms. The number of halogens is 3. The molecule has 0 aliphatic carbocycles. The highest BCUT2D eigenvalue weighted by Gasteiger charge is 2.40. The van der Waals surface area contributed by atoms with Crippen molar-refractivity contribution < 1.29 is 22.7 Å². The zero-order valence-corrected chi connectivity index (χ0v) is 19.7. The van der Waals surface area contributed by atoms with Gasteiger partial charge in [0.25, 0.3) is 5.91 Å². The number of amides is 1. The molecule has 5 rings (SSSR count). The number of aryl methyl sites for hydroxylation is 1. The Morgan fingerprint density at radius 3 is 2.59 bits per heavy atom. The van der Waals surface area contributed by atoms with E-state index >= 15 is 0 Å². The first-order chi connectivity index (χ1) is 17.7. The molecule has 186 valence electrons. The highest BCUT2D eigenvalue weighted by Crippen LogP contribution is 2.40. The van der Waals surface area contributed by atoms with E-state index in [1.807, 2.05) is 0 Å². The number of carbonyl (C=O) groups excluding carboxylic acids is 1. The number of anilines is 1. The van der Waals surface area contributed by atoms with E-state index in [4.69, 9.17) is 4.74 Å². The molecular weight excluding hydrogens is 485 g/mol. The van der Waals surface area contributed by atoms with E-state index < -0.39 is 17.6 Å². The van der Waals surface area contributed by atoms with E-state index in [2.05, 4.69) is 21.3 Å². The fraction of sp³-hybridized carbons (Fsp3) is 0.192. The van der Waals surface area contributed by atoms with E-state index in [0.29, 0.717) is 28.1 Å². The van der Waals surface area contributed by atoms with Gasteiger partial charge in [0.05, 0.1) is 30.3 Å². The molecule has 3 heterocycles. The summed E-state index contributed by atoms with van der Waals surface area (Å²) in [6.07, 6.45) is -3.06. The summed E-state index contributed by atoms with van der Waals surface area (Å²) < 4.78 is 48.2. The number of rotatable bonds is 5. The van der Waals surface area contributed by atoms with Crippen LogP contribution >= 0.6 is 0 Å². The van der Waals surface area contributed by atoms with Gasteiger partial charge >= 0.3 is 6.18 Å². The lowest BCUT2D eigenvalue weighted by atomic mass is 9.97. The summed E-state index contributed by atoms with van der Waals surface area (Å²) in [6.45, 7) is 1.75. The third kappa shape index (κ3) is 4.27. The third-order valence-electron chi connectivity index (χ3n) is 6.04. The van der Waals surface area contributed by atoms with Crippen molar-refractivity contribution in [3.05, 3.63) is 77.1 Å². The number of fused-ring (bicyclic) bond motifs is 1. The maximum absolute atomic E-state index is 13.6. The molecule has 0 saturated heterocycles. The lowest BCUT2D eigenvalue weighted by Crippen LogP contribution is -2.24. The lowest BCUT2D eigenvalue weighted by Gasteiger charge is -2.19. The highest BCUT2D eigenvalue weighted by atomic mass is 19.4. The van der Waals surface area contributed by atoms with Gasteiger partial charge in [0.15, 0.2) is 5.82 Å². The van der Waals surface area contributed by atoms with Crippen molar-refractivity contribution in [1.29, 1.82) is 5.26 Å². The number of carbonyl (C=O) groups is 1. The second-order valence-corrected chi connectivity index (χ2v) is 8.34. The van der Waals surface area contributed by atoms with Crippen molar-refractivity contribution in [1.82, 2.24) is 19.7 Å². The molecule has 1 amide bonds. The maximum atomic E-state index is 13.6. The van der Waals surface area contributed by atoms with Gasteiger partial charge in [-0.15, -0.1) is 10.2 Å². The molecule has 0 radical (unpaired) electrons. The first-order valence-electron chi connectivity index (χ1n) is 11.3. The summed E-state index contributed by atoms with van der Waals surface area (Å²) in [5.41, 5.74) is 1.21. The van der Waals surface area contributed by atoms with Crippen molar-refractivity contribution in [2.75, 3.05) is 11.5 Å². The van der Waals surface area contributed by atoms with Gasteiger partial charge in [-0.25, -0.2) is 0 Å². The Labute approximate surface area is 209 Å². The number of aromatic nitrogens is 4. The Bertz CT molecular complexity index is 1570. The Kier molecular flexibility index (Phi) is 5.87. The van der Waals surface area contributed by atoms with Crippen molar-refractivity contribution in [2.45, 2.75) is 19.6 Å². The fourth-order valence-corrected chi connectivity index (χ4v) is 4.36.